The van der Waals surface area contributed by atoms with E-state index >= 15 is 0 Å². The number of pyridine rings is 1. The van der Waals surface area contributed by atoms with E-state index < -0.39 is 16.8 Å². The molecule has 1 fully saturated rings. The second-order valence-corrected chi connectivity index (χ2v) is 7.31. The van der Waals surface area contributed by atoms with Gasteiger partial charge >= 0.3 is 12.2 Å². The number of nitrogens with zero attached hydrogens (tertiary/aromatic N) is 2. The van der Waals surface area contributed by atoms with Gasteiger partial charge in [0.2, 0.25) is 5.88 Å². The molecule has 2 amide bonds. The summed E-state index contributed by atoms with van der Waals surface area (Å²) >= 11 is 5.74. The van der Waals surface area contributed by atoms with Gasteiger partial charge < -0.3 is 15.0 Å². The molecule has 3 heterocycles. The minimum Gasteiger partial charge on any atom is -0.481 e. The Labute approximate surface area is 164 Å². The van der Waals surface area contributed by atoms with Crippen LogP contribution < -0.4 is 10.1 Å². The van der Waals surface area contributed by atoms with Gasteiger partial charge in [0, 0.05) is 24.0 Å². The Morgan fingerprint density at radius 3 is 2.79 bits per heavy atom. The van der Waals surface area contributed by atoms with Crippen LogP contribution in [0.3, 0.4) is 0 Å². The number of alkyl halides is 3. The normalized spacial score (nSPS) is 20.7. The number of carbonyl (C=O) groups excluding carboxylic acids is 1. The molecule has 1 N–H and O–H groups in total. The van der Waals surface area contributed by atoms with E-state index in [0.29, 0.717) is 12.3 Å². The number of aromatic nitrogens is 1. The third-order valence-electron chi connectivity index (χ3n) is 5.29. The van der Waals surface area contributed by atoms with Gasteiger partial charge in [0.1, 0.15) is 0 Å². The van der Waals surface area contributed by atoms with Gasteiger partial charge in [-0.25, -0.2) is 9.78 Å². The Hall–Kier alpha value is -2.48. The topological polar surface area (TPSA) is 54.5 Å². The molecule has 1 aromatic heterocycles. The quantitative estimate of drug-likeness (QED) is 0.751. The van der Waals surface area contributed by atoms with E-state index in [0.717, 1.165) is 36.1 Å². The summed E-state index contributed by atoms with van der Waals surface area (Å²) in [6, 6.07) is 4.64. The van der Waals surface area contributed by atoms with Crippen molar-refractivity contribution in [3.8, 4) is 5.88 Å². The molecule has 9 heteroatoms. The highest BCUT2D eigenvalue weighted by Gasteiger charge is 2.43. The van der Waals surface area contributed by atoms with Crippen LogP contribution in [0.5, 0.6) is 5.88 Å². The molecule has 0 saturated carbocycles. The third kappa shape index (κ3) is 3.26. The maximum absolute atomic E-state index is 12.9. The second-order valence-electron chi connectivity index (χ2n) is 6.91. The molecule has 1 saturated heterocycles. The first-order valence-electron chi connectivity index (χ1n) is 8.77. The summed E-state index contributed by atoms with van der Waals surface area (Å²) in [5.74, 6) is 0.537. The van der Waals surface area contributed by atoms with Crippen molar-refractivity contribution in [3.05, 3.63) is 52.2 Å². The van der Waals surface area contributed by atoms with Gasteiger partial charge in [-0.05, 0) is 48.6 Å². The van der Waals surface area contributed by atoms with Crippen LogP contribution in [0.2, 0.25) is 5.02 Å². The average molecular weight is 412 g/mol. The van der Waals surface area contributed by atoms with Gasteiger partial charge in [-0.2, -0.15) is 13.2 Å². The highest BCUT2D eigenvalue weighted by Crippen LogP contribution is 2.44. The van der Waals surface area contributed by atoms with Gasteiger partial charge in [-0.3, -0.25) is 0 Å². The van der Waals surface area contributed by atoms with Crippen LogP contribution in [-0.4, -0.2) is 29.1 Å². The molecule has 0 aliphatic carbocycles. The van der Waals surface area contributed by atoms with Crippen molar-refractivity contribution in [2.24, 2.45) is 0 Å². The van der Waals surface area contributed by atoms with Crippen molar-refractivity contribution in [1.29, 1.82) is 0 Å². The molecule has 2 aliphatic heterocycles. The van der Waals surface area contributed by atoms with Crippen LogP contribution >= 0.6 is 11.6 Å². The zero-order valence-corrected chi connectivity index (χ0v) is 15.6. The van der Waals surface area contributed by atoms with Crippen molar-refractivity contribution in [2.75, 3.05) is 12.4 Å². The van der Waals surface area contributed by atoms with Crippen LogP contribution in [-0.2, 0) is 12.6 Å². The van der Waals surface area contributed by atoms with E-state index in [1.165, 1.54) is 6.07 Å². The number of rotatable bonds is 2. The number of urea groups is 1. The highest BCUT2D eigenvalue weighted by molar-refractivity contribution is 6.31. The van der Waals surface area contributed by atoms with E-state index in [9.17, 15) is 18.0 Å². The highest BCUT2D eigenvalue weighted by atomic mass is 35.5. The molecular weight excluding hydrogens is 395 g/mol. The maximum atomic E-state index is 12.9. The largest absolute Gasteiger partial charge is 0.481 e. The van der Waals surface area contributed by atoms with Crippen LogP contribution in [0.15, 0.2) is 30.5 Å². The number of ether oxygens (including phenoxy) is 1. The molecule has 28 heavy (non-hydrogen) atoms. The molecular formula is C19H17ClF3N3O2. The minimum atomic E-state index is -4.54. The number of hydrogen-bond acceptors (Lipinski definition) is 3. The Morgan fingerprint density at radius 2 is 2.11 bits per heavy atom. The Bertz CT molecular complexity index is 935. The smallest absolute Gasteiger partial charge is 0.417 e. The first kappa shape index (κ1) is 18.9. The van der Waals surface area contributed by atoms with Crippen molar-refractivity contribution in [3.63, 3.8) is 0 Å². The van der Waals surface area contributed by atoms with Crippen molar-refractivity contribution in [2.45, 2.75) is 37.5 Å². The predicted octanol–water partition coefficient (Wildman–Crippen LogP) is 5.06. The zero-order chi connectivity index (χ0) is 20.1. The molecule has 0 radical (unpaired) electrons. The van der Waals surface area contributed by atoms with E-state index in [1.807, 2.05) is 6.07 Å². The van der Waals surface area contributed by atoms with Crippen LogP contribution in [0.4, 0.5) is 23.7 Å². The van der Waals surface area contributed by atoms with Gasteiger partial charge in [-0.1, -0.05) is 11.6 Å². The molecule has 1 aromatic carbocycles. The number of benzene rings is 1. The number of anilines is 1. The Morgan fingerprint density at radius 1 is 1.32 bits per heavy atom. The summed E-state index contributed by atoms with van der Waals surface area (Å²) in [7, 11) is 1.56. The van der Waals surface area contributed by atoms with E-state index in [-0.39, 0.29) is 23.8 Å². The van der Waals surface area contributed by atoms with Crippen LogP contribution in [0.25, 0.3) is 0 Å². The van der Waals surface area contributed by atoms with Gasteiger partial charge in [0.15, 0.2) is 0 Å². The number of halogens is 4. The maximum Gasteiger partial charge on any atom is 0.417 e. The summed E-state index contributed by atoms with van der Waals surface area (Å²) < 4.78 is 43.7. The number of carbonyl (C=O) groups is 1. The van der Waals surface area contributed by atoms with Crippen LogP contribution in [0.1, 0.15) is 35.6 Å². The van der Waals surface area contributed by atoms with Crippen molar-refractivity contribution in [1.82, 2.24) is 9.88 Å². The molecule has 4 rings (SSSR count). The molecule has 2 aliphatic rings. The number of fused-ring (bicyclic) bond motifs is 4. The third-order valence-corrected chi connectivity index (χ3v) is 5.60. The lowest BCUT2D eigenvalue weighted by Gasteiger charge is -2.36. The monoisotopic (exact) mass is 411 g/mol. The van der Waals surface area contributed by atoms with E-state index in [2.05, 4.69) is 10.3 Å². The predicted molar refractivity (Wildman–Crippen MR) is 97.6 cm³/mol. The molecule has 148 valence electrons. The molecule has 2 aromatic rings. The zero-order valence-electron chi connectivity index (χ0n) is 14.9. The summed E-state index contributed by atoms with van der Waals surface area (Å²) in [6.07, 6.45) is -0.458. The number of nitrogens with one attached hydrogen (secondary N) is 1. The van der Waals surface area contributed by atoms with Gasteiger partial charge in [0.05, 0.1) is 23.7 Å². The summed E-state index contributed by atoms with van der Waals surface area (Å²) in [6.45, 7) is 0. The summed E-state index contributed by atoms with van der Waals surface area (Å²) in [4.78, 5) is 18.9. The Kier molecular flexibility index (Phi) is 4.61. The minimum absolute atomic E-state index is 0.0227. The lowest BCUT2D eigenvalue weighted by molar-refractivity contribution is -0.137. The second kappa shape index (κ2) is 6.84. The van der Waals surface area contributed by atoms with E-state index in [4.69, 9.17) is 16.3 Å². The first-order chi connectivity index (χ1) is 13.3. The molecule has 2 bridgehead atoms. The molecule has 0 unspecified atom stereocenters. The number of amides is 2. The fourth-order valence-corrected chi connectivity index (χ4v) is 4.32. The summed E-state index contributed by atoms with van der Waals surface area (Å²) in [5, 5.41) is 2.23. The molecule has 5 nitrogen and oxygen atoms in total. The fraction of sp³-hybridized carbons (Fsp3) is 0.368. The van der Waals surface area contributed by atoms with Crippen molar-refractivity contribution < 1.29 is 22.7 Å². The average Bonchev–Trinajstić information content (AvgIpc) is 2.95. The first-order valence-corrected chi connectivity index (χ1v) is 9.14. The fourth-order valence-electron chi connectivity index (χ4n) is 4.03. The SMILES string of the molecule is COc1cc2c(cn1)[C@H]1CC[C@@H](C2)N1C(=O)Nc1ccc(C(F)(F)F)c(Cl)c1. The Balaban J connectivity index is 1.55. The van der Waals surface area contributed by atoms with Gasteiger partial charge in [0.25, 0.3) is 0 Å². The van der Waals surface area contributed by atoms with Gasteiger partial charge in [-0.15, -0.1) is 0 Å². The number of hydrogen-bond donors (Lipinski definition) is 1. The van der Waals surface area contributed by atoms with E-state index in [1.54, 1.807) is 18.2 Å². The molecule has 0 spiro atoms. The van der Waals surface area contributed by atoms with Crippen molar-refractivity contribution >= 4 is 23.3 Å². The molecule has 2 atom stereocenters. The standard InChI is InChI=1S/C19H17ClF3N3O2/c1-28-17-7-10-6-12-3-5-16(13(10)9-24-17)26(12)18(27)25-11-2-4-14(15(20)8-11)19(21,22)23/h2,4,7-9,12,16H,3,5-6H2,1H3,(H,25,27)/t12-,16+/m0/s1. The number of methoxy groups -OCH3 is 1. The summed E-state index contributed by atoms with van der Waals surface area (Å²) in [5.41, 5.74) is 1.39. The lowest BCUT2D eigenvalue weighted by atomic mass is 9.95. The lowest BCUT2D eigenvalue weighted by Crippen LogP contribution is -2.44. The van der Waals surface area contributed by atoms with Crippen LogP contribution in [0, 0.1) is 0 Å².